The first-order chi connectivity index (χ1) is 10.6. The number of rotatable bonds is 4. The minimum Gasteiger partial charge on any atom is -0.354 e. The van der Waals surface area contributed by atoms with Crippen molar-refractivity contribution in [1.29, 1.82) is 5.41 Å². The zero-order valence-electron chi connectivity index (χ0n) is 12.7. The zero-order chi connectivity index (χ0) is 15.5. The van der Waals surface area contributed by atoms with Gasteiger partial charge in [-0.3, -0.25) is 10.3 Å². The number of carbonyl (C=O) groups excluding carboxylic acids is 1. The van der Waals surface area contributed by atoms with Gasteiger partial charge in [0.2, 0.25) is 0 Å². The number of nitrogens with zero attached hydrogens (tertiary/aromatic N) is 2. The van der Waals surface area contributed by atoms with Crippen LogP contribution in [0.4, 0.5) is 10.5 Å². The normalized spacial score (nSPS) is 19.0. The third kappa shape index (κ3) is 3.76. The minimum atomic E-state index is -0.586. The summed E-state index contributed by atoms with van der Waals surface area (Å²) in [7, 11) is 0. The summed E-state index contributed by atoms with van der Waals surface area (Å²) < 4.78 is 0. The number of carbonyl (C=O) groups is 1. The molecule has 0 unspecified atom stereocenters. The van der Waals surface area contributed by atoms with Crippen LogP contribution in [-0.2, 0) is 0 Å². The predicted octanol–water partition coefficient (Wildman–Crippen LogP) is 1.53. The Morgan fingerprint density at radius 1 is 1.27 bits per heavy atom. The van der Waals surface area contributed by atoms with Crippen LogP contribution in [0.25, 0.3) is 0 Å². The first-order valence-corrected chi connectivity index (χ1v) is 7.84. The molecule has 118 valence electrons. The molecule has 1 aliphatic heterocycles. The maximum absolute atomic E-state index is 10.9. The summed E-state index contributed by atoms with van der Waals surface area (Å²) in [4.78, 5) is 15.5. The number of nitrogens with one attached hydrogen (secondary N) is 2. The van der Waals surface area contributed by atoms with Crippen molar-refractivity contribution < 1.29 is 4.79 Å². The van der Waals surface area contributed by atoms with E-state index in [2.05, 4.69) is 15.1 Å². The van der Waals surface area contributed by atoms with Crippen molar-refractivity contribution in [2.45, 2.75) is 12.8 Å². The van der Waals surface area contributed by atoms with Gasteiger partial charge in [-0.15, -0.1) is 0 Å². The maximum Gasteiger partial charge on any atom is 0.316 e. The van der Waals surface area contributed by atoms with Gasteiger partial charge in [-0.25, -0.2) is 4.79 Å². The van der Waals surface area contributed by atoms with Gasteiger partial charge in [0.05, 0.1) is 0 Å². The number of nitrogens with two attached hydrogens (primary N) is 1. The molecule has 2 amide bonds. The van der Waals surface area contributed by atoms with E-state index in [1.165, 1.54) is 19.4 Å². The van der Waals surface area contributed by atoms with Crippen LogP contribution in [0.15, 0.2) is 24.3 Å². The van der Waals surface area contributed by atoms with E-state index in [1.54, 1.807) is 12.1 Å². The van der Waals surface area contributed by atoms with Gasteiger partial charge in [-0.2, -0.15) is 0 Å². The molecule has 0 radical (unpaired) electrons. The smallest absolute Gasteiger partial charge is 0.316 e. The lowest BCUT2D eigenvalue weighted by Crippen LogP contribution is -2.49. The zero-order valence-corrected chi connectivity index (χ0v) is 12.7. The van der Waals surface area contributed by atoms with E-state index in [1.807, 2.05) is 12.1 Å². The topological polar surface area (TPSA) is 85.4 Å². The maximum atomic E-state index is 10.9. The third-order valence-electron chi connectivity index (χ3n) is 4.31. The van der Waals surface area contributed by atoms with E-state index in [0.29, 0.717) is 11.5 Å². The molecule has 1 saturated carbocycles. The van der Waals surface area contributed by atoms with Crippen LogP contribution in [0.1, 0.15) is 18.4 Å². The molecule has 2 aliphatic rings. The van der Waals surface area contributed by atoms with Crippen molar-refractivity contribution >= 4 is 17.6 Å². The predicted molar refractivity (Wildman–Crippen MR) is 87.2 cm³/mol. The van der Waals surface area contributed by atoms with Gasteiger partial charge in [0, 0.05) is 44.0 Å². The van der Waals surface area contributed by atoms with Crippen LogP contribution < -0.4 is 11.1 Å². The number of hydrogen-bond acceptors (Lipinski definition) is 3. The van der Waals surface area contributed by atoms with E-state index < -0.39 is 6.03 Å². The van der Waals surface area contributed by atoms with E-state index >= 15 is 0 Å². The van der Waals surface area contributed by atoms with Gasteiger partial charge >= 0.3 is 6.03 Å². The summed E-state index contributed by atoms with van der Waals surface area (Å²) in [6.45, 7) is 5.05. The monoisotopic (exact) mass is 301 g/mol. The average Bonchev–Trinajstić information content (AvgIpc) is 3.31. The molecule has 1 saturated heterocycles. The van der Waals surface area contributed by atoms with Gasteiger partial charge < -0.3 is 16.0 Å². The molecule has 1 aromatic carbocycles. The first kappa shape index (κ1) is 14.8. The molecule has 6 heteroatoms. The Morgan fingerprint density at radius 3 is 2.64 bits per heavy atom. The fourth-order valence-corrected chi connectivity index (χ4v) is 2.89. The highest BCUT2D eigenvalue weighted by Crippen LogP contribution is 2.30. The summed E-state index contributed by atoms with van der Waals surface area (Å²) in [6.07, 6.45) is 2.77. The molecule has 0 bridgehead atoms. The Hall–Kier alpha value is -2.08. The lowest BCUT2D eigenvalue weighted by Gasteiger charge is -2.36. The van der Waals surface area contributed by atoms with Crippen LogP contribution in [0.2, 0.25) is 0 Å². The van der Waals surface area contributed by atoms with E-state index in [4.69, 9.17) is 11.1 Å². The largest absolute Gasteiger partial charge is 0.354 e. The van der Waals surface area contributed by atoms with Crippen molar-refractivity contribution in [2.75, 3.05) is 38.0 Å². The number of piperazine rings is 1. The Kier molecular flexibility index (Phi) is 4.29. The van der Waals surface area contributed by atoms with Crippen LogP contribution in [0.3, 0.4) is 0 Å². The second kappa shape index (κ2) is 6.36. The SMILES string of the molecule is N=C(c1cccc(NC(N)=O)c1)N1CCN(CC2CC2)CC1. The fourth-order valence-electron chi connectivity index (χ4n) is 2.89. The second-order valence-electron chi connectivity index (χ2n) is 6.15. The van der Waals surface area contributed by atoms with Crippen molar-refractivity contribution in [3.05, 3.63) is 29.8 Å². The molecular weight excluding hydrogens is 278 g/mol. The molecule has 1 aliphatic carbocycles. The number of hydrogen-bond donors (Lipinski definition) is 3. The molecule has 22 heavy (non-hydrogen) atoms. The number of benzene rings is 1. The van der Waals surface area contributed by atoms with E-state index in [9.17, 15) is 4.79 Å². The summed E-state index contributed by atoms with van der Waals surface area (Å²) in [5.74, 6) is 1.43. The van der Waals surface area contributed by atoms with Crippen molar-refractivity contribution in [3.63, 3.8) is 0 Å². The molecule has 1 heterocycles. The van der Waals surface area contributed by atoms with Crippen LogP contribution in [0, 0.1) is 11.3 Å². The van der Waals surface area contributed by atoms with Crippen LogP contribution in [0.5, 0.6) is 0 Å². The standard InChI is InChI=1S/C16H23N5O/c17-15(13-2-1-3-14(10-13)19-16(18)22)21-8-6-20(7-9-21)11-12-4-5-12/h1-3,10,12,17H,4-9,11H2,(H3,18,19,22). The lowest BCUT2D eigenvalue weighted by atomic mass is 10.1. The number of amides is 2. The molecule has 0 aromatic heterocycles. The summed E-state index contributed by atoms with van der Waals surface area (Å²) in [5.41, 5.74) is 6.57. The van der Waals surface area contributed by atoms with Crippen LogP contribution in [-0.4, -0.2) is 54.4 Å². The third-order valence-corrected chi connectivity index (χ3v) is 4.31. The number of primary amides is 1. The van der Waals surface area contributed by atoms with Crippen LogP contribution >= 0.6 is 0 Å². The molecule has 1 aromatic rings. The van der Waals surface area contributed by atoms with Gasteiger partial charge in [-0.1, -0.05) is 12.1 Å². The van der Waals surface area contributed by atoms with E-state index in [-0.39, 0.29) is 0 Å². The quantitative estimate of drug-likeness (QED) is 0.582. The Bertz CT molecular complexity index is 561. The first-order valence-electron chi connectivity index (χ1n) is 7.84. The average molecular weight is 301 g/mol. The number of amidine groups is 1. The molecular formula is C16H23N5O. The van der Waals surface area contributed by atoms with E-state index in [0.717, 1.165) is 37.7 Å². The molecule has 3 rings (SSSR count). The highest BCUT2D eigenvalue weighted by atomic mass is 16.2. The highest BCUT2D eigenvalue weighted by Gasteiger charge is 2.27. The molecule has 0 spiro atoms. The number of urea groups is 1. The molecule has 0 atom stereocenters. The summed E-state index contributed by atoms with van der Waals surface area (Å²) in [6, 6.07) is 6.71. The van der Waals surface area contributed by atoms with Gasteiger partial charge in [-0.05, 0) is 30.9 Å². The van der Waals surface area contributed by atoms with Crippen molar-refractivity contribution in [3.8, 4) is 0 Å². The fraction of sp³-hybridized carbons (Fsp3) is 0.500. The van der Waals surface area contributed by atoms with Gasteiger partial charge in [0.1, 0.15) is 5.84 Å². The Labute approximate surface area is 130 Å². The minimum absolute atomic E-state index is 0.513. The Morgan fingerprint density at radius 2 is 2.00 bits per heavy atom. The molecule has 2 fully saturated rings. The van der Waals surface area contributed by atoms with Gasteiger partial charge in [0.25, 0.3) is 0 Å². The van der Waals surface area contributed by atoms with Gasteiger partial charge in [0.15, 0.2) is 0 Å². The second-order valence-corrected chi connectivity index (χ2v) is 6.15. The summed E-state index contributed by atoms with van der Waals surface area (Å²) >= 11 is 0. The molecule has 4 N–H and O–H groups in total. The molecule has 6 nitrogen and oxygen atoms in total. The Balaban J connectivity index is 1.58. The highest BCUT2D eigenvalue weighted by molar-refractivity contribution is 5.98. The lowest BCUT2D eigenvalue weighted by molar-refractivity contribution is 0.176. The van der Waals surface area contributed by atoms with Crippen molar-refractivity contribution in [1.82, 2.24) is 9.80 Å². The summed E-state index contributed by atoms with van der Waals surface area (Å²) in [5, 5.41) is 10.9. The number of anilines is 1. The van der Waals surface area contributed by atoms with Crippen molar-refractivity contribution in [2.24, 2.45) is 11.7 Å².